The third-order valence-electron chi connectivity index (χ3n) is 3.46. The Morgan fingerprint density at radius 2 is 1.85 bits per heavy atom. The largest absolute Gasteiger partial charge is 0.490 e. The van der Waals surface area contributed by atoms with Crippen LogP contribution in [0.3, 0.4) is 0 Å². The van der Waals surface area contributed by atoms with Crippen molar-refractivity contribution < 1.29 is 27.8 Å². The number of alkyl halides is 2. The van der Waals surface area contributed by atoms with E-state index in [-0.39, 0.29) is 49.5 Å². The molecule has 1 aromatic carbocycles. The fourth-order valence-electron chi connectivity index (χ4n) is 1.98. The molecule has 0 unspecified atom stereocenters. The van der Waals surface area contributed by atoms with E-state index in [4.69, 9.17) is 10.5 Å². The molecule has 7 nitrogen and oxygen atoms in total. The lowest BCUT2D eigenvalue weighted by Crippen LogP contribution is -2.47. The van der Waals surface area contributed by atoms with Gasteiger partial charge in [-0.3, -0.25) is 9.59 Å². The predicted molar refractivity (Wildman–Crippen MR) is 99.2 cm³/mol. The molecule has 4 N–H and O–H groups in total. The number of halogens is 3. The highest BCUT2D eigenvalue weighted by Crippen LogP contribution is 2.29. The Hall–Kier alpha value is -2.13. The number of rotatable bonds is 10. The van der Waals surface area contributed by atoms with Crippen molar-refractivity contribution in [1.82, 2.24) is 10.6 Å². The maximum atomic E-state index is 12.4. The average Bonchev–Trinajstić information content (AvgIpc) is 2.58. The molecule has 1 atom stereocenters. The molecule has 0 heterocycles. The van der Waals surface area contributed by atoms with Crippen LogP contribution in [0.5, 0.6) is 11.5 Å². The van der Waals surface area contributed by atoms with Gasteiger partial charge < -0.3 is 25.8 Å². The number of hydrogen-bond donors (Lipinski definition) is 3. The zero-order valence-electron chi connectivity index (χ0n) is 15.5. The first kappa shape index (κ1) is 24.9. The summed E-state index contributed by atoms with van der Waals surface area (Å²) >= 11 is 0. The molecule has 0 aromatic heterocycles. The van der Waals surface area contributed by atoms with Gasteiger partial charge in [-0.15, -0.1) is 12.4 Å². The van der Waals surface area contributed by atoms with Crippen LogP contribution in [-0.4, -0.2) is 37.6 Å². The second-order valence-corrected chi connectivity index (χ2v) is 5.86. The van der Waals surface area contributed by atoms with Crippen LogP contribution in [0, 0.1) is 5.92 Å². The number of carbonyl (C=O) groups is 2. The van der Waals surface area contributed by atoms with Gasteiger partial charge in [0.15, 0.2) is 11.5 Å². The Bertz CT molecular complexity index is 618. The molecule has 154 valence electrons. The highest BCUT2D eigenvalue weighted by atomic mass is 35.5. The van der Waals surface area contributed by atoms with Crippen molar-refractivity contribution in [3.63, 3.8) is 0 Å². The fourth-order valence-corrected chi connectivity index (χ4v) is 1.98. The van der Waals surface area contributed by atoms with E-state index in [1.54, 1.807) is 6.92 Å². The van der Waals surface area contributed by atoms with E-state index >= 15 is 0 Å². The number of benzene rings is 1. The quantitative estimate of drug-likeness (QED) is 0.547. The summed E-state index contributed by atoms with van der Waals surface area (Å²) in [6, 6.07) is 3.71. The summed E-state index contributed by atoms with van der Waals surface area (Å²) in [7, 11) is 0. The molecule has 1 aromatic rings. The molecular formula is C17H26ClF2N3O4. The van der Waals surface area contributed by atoms with Crippen LogP contribution < -0.4 is 25.8 Å². The van der Waals surface area contributed by atoms with Gasteiger partial charge in [-0.1, -0.05) is 19.9 Å². The second kappa shape index (κ2) is 12.3. The van der Waals surface area contributed by atoms with Crippen LogP contribution in [-0.2, 0) is 16.1 Å². The molecule has 0 radical (unpaired) electrons. The van der Waals surface area contributed by atoms with E-state index in [1.165, 1.54) is 18.2 Å². The summed E-state index contributed by atoms with van der Waals surface area (Å²) in [5.41, 5.74) is 6.32. The number of nitrogens with one attached hydrogen (secondary N) is 2. The first-order chi connectivity index (χ1) is 12.2. The summed E-state index contributed by atoms with van der Waals surface area (Å²) in [6.07, 6.45) is 0. The van der Waals surface area contributed by atoms with Gasteiger partial charge in [-0.25, -0.2) is 0 Å². The van der Waals surface area contributed by atoms with Crippen molar-refractivity contribution in [2.24, 2.45) is 11.7 Å². The van der Waals surface area contributed by atoms with E-state index in [0.717, 1.165) is 0 Å². The van der Waals surface area contributed by atoms with Crippen LogP contribution >= 0.6 is 12.4 Å². The third-order valence-corrected chi connectivity index (χ3v) is 3.46. The van der Waals surface area contributed by atoms with Gasteiger partial charge >= 0.3 is 6.61 Å². The van der Waals surface area contributed by atoms with Crippen molar-refractivity contribution in [2.45, 2.75) is 40.0 Å². The highest BCUT2D eigenvalue weighted by molar-refractivity contribution is 5.87. The molecule has 0 saturated carbocycles. The molecule has 1 rings (SSSR count). The van der Waals surface area contributed by atoms with Crippen molar-refractivity contribution in [2.75, 3.05) is 13.2 Å². The number of nitrogens with two attached hydrogens (primary N) is 1. The van der Waals surface area contributed by atoms with Crippen molar-refractivity contribution >= 4 is 24.2 Å². The minimum Gasteiger partial charge on any atom is -0.490 e. The van der Waals surface area contributed by atoms with E-state index in [1.807, 2.05) is 13.8 Å². The number of carbonyl (C=O) groups excluding carboxylic acids is 2. The fraction of sp³-hybridized carbons (Fsp3) is 0.529. The lowest BCUT2D eigenvalue weighted by atomic mass is 10.1. The summed E-state index contributed by atoms with van der Waals surface area (Å²) in [6.45, 7) is 2.58. The Balaban J connectivity index is 0.00000676. The van der Waals surface area contributed by atoms with Gasteiger partial charge in [0.25, 0.3) is 0 Å². The number of ether oxygens (including phenoxy) is 2. The lowest BCUT2D eigenvalue weighted by Gasteiger charge is -2.15. The smallest absolute Gasteiger partial charge is 0.387 e. The maximum absolute atomic E-state index is 12.4. The zero-order chi connectivity index (χ0) is 19.7. The van der Waals surface area contributed by atoms with Crippen LogP contribution in [0.25, 0.3) is 0 Å². The minimum atomic E-state index is -2.96. The Morgan fingerprint density at radius 1 is 1.19 bits per heavy atom. The Labute approximate surface area is 163 Å². The van der Waals surface area contributed by atoms with Gasteiger partial charge in [-0.05, 0) is 30.5 Å². The average molecular weight is 410 g/mol. The second-order valence-electron chi connectivity index (χ2n) is 5.86. The van der Waals surface area contributed by atoms with E-state index in [2.05, 4.69) is 15.4 Å². The zero-order valence-corrected chi connectivity index (χ0v) is 16.3. The van der Waals surface area contributed by atoms with Gasteiger partial charge in [0, 0.05) is 6.54 Å². The Kier molecular flexibility index (Phi) is 11.3. The maximum Gasteiger partial charge on any atom is 0.387 e. The molecule has 0 aliphatic rings. The topological polar surface area (TPSA) is 103 Å². The molecule has 27 heavy (non-hydrogen) atoms. The molecule has 0 aliphatic heterocycles. The third kappa shape index (κ3) is 8.87. The van der Waals surface area contributed by atoms with Crippen LogP contribution in [0.4, 0.5) is 8.78 Å². The van der Waals surface area contributed by atoms with Crippen LogP contribution in [0.15, 0.2) is 18.2 Å². The highest BCUT2D eigenvalue weighted by Gasteiger charge is 2.17. The number of hydrogen-bond acceptors (Lipinski definition) is 5. The standard InChI is InChI=1S/C17H25F2N3O4.ClH/c1-4-25-13-7-11(5-6-12(13)26-17(18)19)8-21-14(23)9-22-16(24)15(20)10(2)3;/h5-7,10,15,17H,4,8-9,20H2,1-3H3,(H,21,23)(H,22,24);1H/t15-;/m0./s1. The van der Waals surface area contributed by atoms with Crippen molar-refractivity contribution in [3.05, 3.63) is 23.8 Å². The summed E-state index contributed by atoms with van der Waals surface area (Å²) in [5.74, 6) is -0.755. The monoisotopic (exact) mass is 409 g/mol. The SMILES string of the molecule is CCOc1cc(CNC(=O)CNC(=O)[C@@H](N)C(C)C)ccc1OC(F)F.Cl. The Morgan fingerprint density at radius 3 is 2.41 bits per heavy atom. The first-order valence-corrected chi connectivity index (χ1v) is 8.25. The predicted octanol–water partition coefficient (Wildman–Crippen LogP) is 1.82. The van der Waals surface area contributed by atoms with Gasteiger partial charge in [0.05, 0.1) is 19.2 Å². The van der Waals surface area contributed by atoms with Crippen molar-refractivity contribution in [1.29, 1.82) is 0 Å². The van der Waals surface area contributed by atoms with Crippen molar-refractivity contribution in [3.8, 4) is 11.5 Å². The van der Waals surface area contributed by atoms with Gasteiger partial charge in [0.2, 0.25) is 11.8 Å². The molecule has 0 saturated heterocycles. The summed E-state index contributed by atoms with van der Waals surface area (Å²) in [5, 5.41) is 5.07. The van der Waals surface area contributed by atoms with Gasteiger partial charge in [0.1, 0.15) is 0 Å². The molecule has 0 fully saturated rings. The normalized spacial score (nSPS) is 11.6. The van der Waals surface area contributed by atoms with E-state index in [0.29, 0.717) is 5.56 Å². The molecule has 0 spiro atoms. The lowest BCUT2D eigenvalue weighted by molar-refractivity contribution is -0.127. The van der Waals surface area contributed by atoms with E-state index < -0.39 is 24.5 Å². The van der Waals surface area contributed by atoms with E-state index in [9.17, 15) is 18.4 Å². The molecule has 0 bridgehead atoms. The number of amides is 2. The summed E-state index contributed by atoms with van der Waals surface area (Å²) in [4.78, 5) is 23.5. The summed E-state index contributed by atoms with van der Waals surface area (Å²) < 4.78 is 34.4. The van der Waals surface area contributed by atoms with Crippen LogP contribution in [0.1, 0.15) is 26.3 Å². The first-order valence-electron chi connectivity index (χ1n) is 8.25. The molecule has 0 aliphatic carbocycles. The molecule has 10 heteroatoms. The van der Waals surface area contributed by atoms with Gasteiger partial charge in [-0.2, -0.15) is 8.78 Å². The molecular weight excluding hydrogens is 384 g/mol. The minimum absolute atomic E-state index is 0. The molecule has 2 amide bonds. The van der Waals surface area contributed by atoms with Crippen LogP contribution in [0.2, 0.25) is 0 Å².